The molecule has 0 spiro atoms. The third-order valence-corrected chi connectivity index (χ3v) is 2.10. The van der Waals surface area contributed by atoms with Gasteiger partial charge in [0.1, 0.15) is 13.5 Å². The van der Waals surface area contributed by atoms with Crippen LogP contribution in [0.4, 0.5) is 0 Å². The first kappa shape index (κ1) is 21.6. The summed E-state index contributed by atoms with van der Waals surface area (Å²) >= 11 is 0. The lowest BCUT2D eigenvalue weighted by Crippen LogP contribution is -2.26. The van der Waals surface area contributed by atoms with Gasteiger partial charge in [-0.2, -0.15) is 0 Å². The van der Waals surface area contributed by atoms with Gasteiger partial charge in [0, 0.05) is 18.8 Å². The highest BCUT2D eigenvalue weighted by molar-refractivity contribution is 5.91. The molecule has 0 heterocycles. The number of rotatable bonds is 10. The molecule has 0 radical (unpaired) electrons. The zero-order chi connectivity index (χ0) is 16.5. The maximum atomic E-state index is 10.9. The first-order chi connectivity index (χ1) is 9.99. The second-order valence-electron chi connectivity index (χ2n) is 4.07. The van der Waals surface area contributed by atoms with Crippen LogP contribution in [-0.4, -0.2) is 38.5 Å². The zero-order valence-corrected chi connectivity index (χ0v) is 13.4. The van der Waals surface area contributed by atoms with E-state index in [2.05, 4.69) is 30.7 Å². The Morgan fingerprint density at radius 1 is 1.14 bits per heavy atom. The normalized spacial score (nSPS) is 9.10. The third-order valence-electron chi connectivity index (χ3n) is 2.10. The summed E-state index contributed by atoms with van der Waals surface area (Å²) in [7, 11) is 0. The van der Waals surface area contributed by atoms with Crippen molar-refractivity contribution in [1.82, 2.24) is 10.6 Å². The number of carbonyl (C=O) groups excluding carboxylic acids is 2. The minimum atomic E-state index is -0.205. The highest BCUT2D eigenvalue weighted by Crippen LogP contribution is 1.88. The van der Waals surface area contributed by atoms with Crippen LogP contribution >= 0.6 is 0 Å². The van der Waals surface area contributed by atoms with Crippen LogP contribution in [0, 0.1) is 0 Å². The predicted molar refractivity (Wildman–Crippen MR) is 83.5 cm³/mol. The van der Waals surface area contributed by atoms with E-state index in [9.17, 15) is 9.59 Å². The van der Waals surface area contributed by atoms with Gasteiger partial charge in [-0.3, -0.25) is 9.59 Å². The molecule has 0 aromatic rings. The Labute approximate surface area is 127 Å². The monoisotopic (exact) mass is 300 g/mol. The molecule has 122 valence electrons. The minimum Gasteiger partial charge on any atom is -0.362 e. The number of amides is 2. The average Bonchev–Trinajstić information content (AvgIpc) is 2.47. The van der Waals surface area contributed by atoms with Gasteiger partial charge in [0.15, 0.2) is 0 Å². The molecule has 0 rings (SSSR count). The molecule has 0 aromatic carbocycles. The van der Waals surface area contributed by atoms with Gasteiger partial charge in [0.2, 0.25) is 11.8 Å². The van der Waals surface area contributed by atoms with Gasteiger partial charge in [0.05, 0.1) is 0 Å². The molecule has 0 saturated carbocycles. The number of hydrogen-bond donors (Lipinski definition) is 2. The Balaban J connectivity index is 0. The smallest absolute Gasteiger partial charge is 0.248 e. The molecular weight excluding hydrogens is 272 g/mol. The zero-order valence-electron chi connectivity index (χ0n) is 13.4. The van der Waals surface area contributed by atoms with Crippen molar-refractivity contribution < 1.29 is 19.1 Å². The van der Waals surface area contributed by atoms with Gasteiger partial charge in [-0.25, -0.2) is 0 Å². The number of unbranched alkanes of at least 4 members (excludes halogenated alkanes) is 1. The predicted octanol–water partition coefficient (Wildman–Crippen LogP) is 1.74. The molecule has 0 atom stereocenters. The number of ether oxygens (including phenoxy) is 2. The van der Waals surface area contributed by atoms with Gasteiger partial charge >= 0.3 is 0 Å². The van der Waals surface area contributed by atoms with Crippen LogP contribution in [0.1, 0.15) is 33.6 Å². The lowest BCUT2D eigenvalue weighted by molar-refractivity contribution is -0.119. The second-order valence-corrected chi connectivity index (χ2v) is 4.07. The molecule has 6 nitrogen and oxygen atoms in total. The van der Waals surface area contributed by atoms with E-state index in [-0.39, 0.29) is 25.3 Å². The lowest BCUT2D eigenvalue weighted by atomic mass is 10.3. The van der Waals surface area contributed by atoms with Crippen LogP contribution < -0.4 is 10.6 Å². The molecule has 0 aliphatic rings. The lowest BCUT2D eigenvalue weighted by Gasteiger charge is -2.04. The summed E-state index contributed by atoms with van der Waals surface area (Å²) in [6.07, 6.45) is 3.34. The molecule has 0 unspecified atom stereocenters. The minimum absolute atomic E-state index is 0.147. The summed E-state index contributed by atoms with van der Waals surface area (Å²) in [6, 6.07) is 0. The fourth-order valence-corrected chi connectivity index (χ4v) is 0.882. The first-order valence-electron chi connectivity index (χ1n) is 6.98. The Kier molecular flexibility index (Phi) is 16.9. The molecule has 0 bridgehead atoms. The summed E-state index contributed by atoms with van der Waals surface area (Å²) in [5.41, 5.74) is 0.508. The standard InChI is InChI=1S/C9H17NO2.C6H11NO2/c1-4-5-6-12-7-10-9(11)8(2)3;1-3-6(8)7-5-9-4-2/h2,4-7H2,1,3H3,(H,10,11);3H,1,4-5H2,2H3,(H,7,8). The molecule has 21 heavy (non-hydrogen) atoms. The van der Waals surface area contributed by atoms with Gasteiger partial charge in [0.25, 0.3) is 0 Å². The first-order valence-corrected chi connectivity index (χ1v) is 6.98. The van der Waals surface area contributed by atoms with Crippen LogP contribution in [0.15, 0.2) is 24.8 Å². The van der Waals surface area contributed by atoms with Crippen molar-refractivity contribution in [2.45, 2.75) is 33.6 Å². The van der Waals surface area contributed by atoms with Crippen molar-refractivity contribution in [3.8, 4) is 0 Å². The van der Waals surface area contributed by atoms with Crippen molar-refractivity contribution in [3.63, 3.8) is 0 Å². The Bertz CT molecular complexity index is 317. The van der Waals surface area contributed by atoms with Crippen molar-refractivity contribution >= 4 is 11.8 Å². The van der Waals surface area contributed by atoms with E-state index in [0.29, 0.717) is 18.8 Å². The van der Waals surface area contributed by atoms with E-state index in [1.807, 2.05) is 6.92 Å². The summed E-state index contributed by atoms with van der Waals surface area (Å²) in [6.45, 7) is 14.3. The molecule has 0 aliphatic carbocycles. The molecule has 2 N–H and O–H groups in total. The highest BCUT2D eigenvalue weighted by atomic mass is 16.5. The molecule has 6 heteroatoms. The van der Waals surface area contributed by atoms with Gasteiger partial charge in [-0.1, -0.05) is 26.5 Å². The summed E-state index contributed by atoms with van der Waals surface area (Å²) in [4.78, 5) is 21.3. The van der Waals surface area contributed by atoms with Crippen molar-refractivity contribution in [3.05, 3.63) is 24.8 Å². The van der Waals surface area contributed by atoms with Crippen LogP contribution in [0.5, 0.6) is 0 Å². The number of nitrogens with one attached hydrogen (secondary N) is 2. The second kappa shape index (κ2) is 16.4. The van der Waals surface area contributed by atoms with E-state index < -0.39 is 0 Å². The summed E-state index contributed by atoms with van der Waals surface area (Å²) in [5, 5.41) is 5.03. The molecule has 2 amide bonds. The van der Waals surface area contributed by atoms with Crippen molar-refractivity contribution in [2.24, 2.45) is 0 Å². The van der Waals surface area contributed by atoms with Crippen molar-refractivity contribution in [2.75, 3.05) is 26.7 Å². The SMILES string of the molecule is C=C(C)C(=O)NCOCCCC.C=CC(=O)NCOCC. The largest absolute Gasteiger partial charge is 0.362 e. The molecule has 0 fully saturated rings. The van der Waals surface area contributed by atoms with E-state index in [4.69, 9.17) is 9.47 Å². The van der Waals surface area contributed by atoms with Gasteiger partial charge < -0.3 is 20.1 Å². The fourth-order valence-electron chi connectivity index (χ4n) is 0.882. The summed E-state index contributed by atoms with van der Waals surface area (Å²) < 4.78 is 9.95. The number of carbonyl (C=O) groups is 2. The number of hydrogen-bond acceptors (Lipinski definition) is 4. The van der Waals surface area contributed by atoms with Crippen molar-refractivity contribution in [1.29, 1.82) is 0 Å². The van der Waals surface area contributed by atoms with Gasteiger partial charge in [-0.05, 0) is 26.3 Å². The highest BCUT2D eigenvalue weighted by Gasteiger charge is 1.98. The van der Waals surface area contributed by atoms with E-state index >= 15 is 0 Å². The van der Waals surface area contributed by atoms with Gasteiger partial charge in [-0.15, -0.1) is 0 Å². The Hall–Kier alpha value is -1.66. The third kappa shape index (κ3) is 18.3. The van der Waals surface area contributed by atoms with Crippen LogP contribution in [-0.2, 0) is 19.1 Å². The molecule has 0 aliphatic heterocycles. The van der Waals surface area contributed by atoms with Crippen LogP contribution in [0.3, 0.4) is 0 Å². The Morgan fingerprint density at radius 2 is 1.76 bits per heavy atom. The van der Waals surface area contributed by atoms with Crippen LogP contribution in [0.25, 0.3) is 0 Å². The molecule has 0 aromatic heterocycles. The average molecular weight is 300 g/mol. The molecule has 0 saturated heterocycles. The topological polar surface area (TPSA) is 76.7 Å². The molecular formula is C15H28N2O4. The van der Waals surface area contributed by atoms with E-state index in [1.54, 1.807) is 6.92 Å². The maximum Gasteiger partial charge on any atom is 0.248 e. The quantitative estimate of drug-likeness (QED) is 0.366. The fraction of sp³-hybridized carbons (Fsp3) is 0.600. The van der Waals surface area contributed by atoms with Crippen LogP contribution in [0.2, 0.25) is 0 Å². The Morgan fingerprint density at radius 3 is 2.24 bits per heavy atom. The maximum absolute atomic E-state index is 10.9. The summed E-state index contributed by atoms with van der Waals surface area (Å²) in [5.74, 6) is -0.352. The van der Waals surface area contributed by atoms with E-state index in [0.717, 1.165) is 12.8 Å². The van der Waals surface area contributed by atoms with E-state index in [1.165, 1.54) is 6.08 Å².